The highest BCUT2D eigenvalue weighted by molar-refractivity contribution is 5.72. The molecule has 0 aliphatic carbocycles. The summed E-state index contributed by atoms with van der Waals surface area (Å²) in [7, 11) is 1.99. The van der Waals surface area contributed by atoms with Gasteiger partial charge in [0.25, 0.3) is 0 Å². The van der Waals surface area contributed by atoms with Crippen LogP contribution in [-0.4, -0.2) is 43.9 Å². The fourth-order valence-corrected chi connectivity index (χ4v) is 1.76. The molecule has 1 unspecified atom stereocenters. The number of carbonyl (C=O) groups excluding carboxylic acids is 1. The molecule has 4 nitrogen and oxygen atoms in total. The highest BCUT2D eigenvalue weighted by Crippen LogP contribution is 2.07. The number of nitrogens with zero attached hydrogens (tertiary/aromatic N) is 1. The Bertz CT molecular complexity index is 366. The lowest BCUT2D eigenvalue weighted by molar-refractivity contribution is -0.192. The Morgan fingerprint density at radius 2 is 2.24 bits per heavy atom. The minimum atomic E-state index is -0.426. The number of hydrogen-bond donors (Lipinski definition) is 0. The van der Waals surface area contributed by atoms with Gasteiger partial charge in [-0.05, 0) is 12.6 Å². The van der Waals surface area contributed by atoms with Crippen molar-refractivity contribution in [2.75, 3.05) is 26.7 Å². The van der Waals surface area contributed by atoms with Gasteiger partial charge in [-0.2, -0.15) is 0 Å². The molecular weight excluding hydrogens is 218 g/mol. The van der Waals surface area contributed by atoms with Crippen LogP contribution in [0.15, 0.2) is 30.3 Å². The van der Waals surface area contributed by atoms with Crippen molar-refractivity contribution in [3.8, 4) is 0 Å². The molecule has 1 aromatic rings. The predicted molar refractivity (Wildman–Crippen MR) is 63.5 cm³/mol. The fraction of sp³-hybridized carbons (Fsp3) is 0.462. The van der Waals surface area contributed by atoms with Crippen molar-refractivity contribution in [3.63, 3.8) is 0 Å². The standard InChI is InChI=1S/C13H17NO3/c1-14-7-8-16-13(10-14)17-12(15)9-11-5-3-2-4-6-11/h2-6,13H,7-10H2,1H3. The summed E-state index contributed by atoms with van der Waals surface area (Å²) in [5.74, 6) is -0.239. The van der Waals surface area contributed by atoms with E-state index < -0.39 is 6.29 Å². The molecule has 1 heterocycles. The van der Waals surface area contributed by atoms with Crippen molar-refractivity contribution in [1.82, 2.24) is 4.90 Å². The number of rotatable bonds is 3. The molecule has 2 rings (SSSR count). The molecule has 0 aromatic heterocycles. The van der Waals surface area contributed by atoms with E-state index in [-0.39, 0.29) is 5.97 Å². The normalized spacial score (nSPS) is 21.1. The molecule has 17 heavy (non-hydrogen) atoms. The lowest BCUT2D eigenvalue weighted by atomic mass is 10.2. The summed E-state index contributed by atoms with van der Waals surface area (Å²) in [5.41, 5.74) is 0.960. The minimum Gasteiger partial charge on any atom is -0.434 e. The minimum absolute atomic E-state index is 0.239. The fourth-order valence-electron chi connectivity index (χ4n) is 1.76. The van der Waals surface area contributed by atoms with E-state index in [0.29, 0.717) is 19.6 Å². The van der Waals surface area contributed by atoms with E-state index in [9.17, 15) is 4.79 Å². The van der Waals surface area contributed by atoms with Crippen LogP contribution >= 0.6 is 0 Å². The second kappa shape index (κ2) is 5.80. The molecule has 4 heteroatoms. The van der Waals surface area contributed by atoms with Gasteiger partial charge in [-0.15, -0.1) is 0 Å². The van der Waals surface area contributed by atoms with Gasteiger partial charge in [0.15, 0.2) is 0 Å². The molecule has 1 fully saturated rings. The van der Waals surface area contributed by atoms with E-state index in [1.165, 1.54) is 0 Å². The zero-order valence-electron chi connectivity index (χ0n) is 9.96. The van der Waals surface area contributed by atoms with Crippen LogP contribution < -0.4 is 0 Å². The summed E-state index contributed by atoms with van der Waals surface area (Å²) in [6, 6.07) is 9.57. The molecule has 1 saturated heterocycles. The number of morpholine rings is 1. The molecule has 0 bridgehead atoms. The van der Waals surface area contributed by atoms with Crippen LogP contribution in [0.1, 0.15) is 5.56 Å². The quantitative estimate of drug-likeness (QED) is 0.734. The highest BCUT2D eigenvalue weighted by atomic mass is 16.7. The molecule has 0 spiro atoms. The maximum Gasteiger partial charge on any atom is 0.312 e. The van der Waals surface area contributed by atoms with Crippen LogP contribution in [0.4, 0.5) is 0 Å². The van der Waals surface area contributed by atoms with Crippen LogP contribution in [0.2, 0.25) is 0 Å². The predicted octanol–water partition coefficient (Wildman–Crippen LogP) is 1.06. The van der Waals surface area contributed by atoms with Crippen molar-refractivity contribution in [3.05, 3.63) is 35.9 Å². The first-order chi connectivity index (χ1) is 8.24. The second-order valence-electron chi connectivity index (χ2n) is 4.21. The number of ether oxygens (including phenoxy) is 2. The van der Waals surface area contributed by atoms with Crippen LogP contribution in [0.3, 0.4) is 0 Å². The number of benzene rings is 1. The van der Waals surface area contributed by atoms with Crippen LogP contribution in [0.5, 0.6) is 0 Å². The lowest BCUT2D eigenvalue weighted by Crippen LogP contribution is -2.42. The topological polar surface area (TPSA) is 38.8 Å². The van der Waals surface area contributed by atoms with Gasteiger partial charge in [0.1, 0.15) is 0 Å². The third-order valence-corrected chi connectivity index (χ3v) is 2.69. The molecule has 1 aliphatic heterocycles. The van der Waals surface area contributed by atoms with Gasteiger partial charge in [-0.3, -0.25) is 9.69 Å². The third kappa shape index (κ3) is 3.84. The molecule has 0 saturated carbocycles. The first kappa shape index (κ1) is 12.1. The Kier molecular flexibility index (Phi) is 4.12. The summed E-state index contributed by atoms with van der Waals surface area (Å²) < 4.78 is 10.6. The van der Waals surface area contributed by atoms with Gasteiger partial charge in [0.05, 0.1) is 19.6 Å². The largest absolute Gasteiger partial charge is 0.434 e. The Morgan fingerprint density at radius 3 is 2.94 bits per heavy atom. The SMILES string of the molecule is CN1CCOC(OC(=O)Cc2ccccc2)C1. The maximum atomic E-state index is 11.7. The summed E-state index contributed by atoms with van der Waals surface area (Å²) in [5, 5.41) is 0. The van der Waals surface area contributed by atoms with Crippen LogP contribution in [0, 0.1) is 0 Å². The molecule has 92 valence electrons. The Hall–Kier alpha value is -1.39. The monoisotopic (exact) mass is 235 g/mol. The number of likely N-dealkylation sites (N-methyl/N-ethyl adjacent to an activating group) is 1. The van der Waals surface area contributed by atoms with Gasteiger partial charge < -0.3 is 9.47 Å². The van der Waals surface area contributed by atoms with E-state index in [4.69, 9.17) is 9.47 Å². The molecule has 0 N–H and O–H groups in total. The molecule has 0 radical (unpaired) electrons. The molecule has 1 aliphatic rings. The van der Waals surface area contributed by atoms with Crippen molar-refractivity contribution in [2.45, 2.75) is 12.7 Å². The van der Waals surface area contributed by atoms with Crippen molar-refractivity contribution >= 4 is 5.97 Å². The third-order valence-electron chi connectivity index (χ3n) is 2.69. The average molecular weight is 235 g/mol. The summed E-state index contributed by atoms with van der Waals surface area (Å²) in [4.78, 5) is 13.8. The first-order valence-electron chi connectivity index (χ1n) is 5.77. The zero-order valence-corrected chi connectivity index (χ0v) is 9.96. The summed E-state index contributed by atoms with van der Waals surface area (Å²) in [6.07, 6.45) is -0.130. The van der Waals surface area contributed by atoms with Gasteiger partial charge >= 0.3 is 5.97 Å². The number of hydrogen-bond acceptors (Lipinski definition) is 4. The Balaban J connectivity index is 1.81. The van der Waals surface area contributed by atoms with Gasteiger partial charge in [0.2, 0.25) is 6.29 Å². The van der Waals surface area contributed by atoms with E-state index >= 15 is 0 Å². The smallest absolute Gasteiger partial charge is 0.312 e. The van der Waals surface area contributed by atoms with Gasteiger partial charge in [-0.25, -0.2) is 0 Å². The van der Waals surface area contributed by atoms with Crippen LogP contribution in [0.25, 0.3) is 0 Å². The maximum absolute atomic E-state index is 11.7. The Morgan fingerprint density at radius 1 is 1.47 bits per heavy atom. The molecule has 1 atom stereocenters. The number of esters is 1. The zero-order chi connectivity index (χ0) is 12.1. The molecule has 1 aromatic carbocycles. The van der Waals surface area contributed by atoms with Crippen molar-refractivity contribution in [2.24, 2.45) is 0 Å². The highest BCUT2D eigenvalue weighted by Gasteiger charge is 2.21. The second-order valence-corrected chi connectivity index (χ2v) is 4.21. The summed E-state index contributed by atoms with van der Waals surface area (Å²) >= 11 is 0. The number of carbonyl (C=O) groups is 1. The average Bonchev–Trinajstić information content (AvgIpc) is 2.30. The van der Waals surface area contributed by atoms with E-state index in [1.807, 2.05) is 37.4 Å². The lowest BCUT2D eigenvalue weighted by Gasteiger charge is -2.29. The summed E-state index contributed by atoms with van der Waals surface area (Å²) in [6.45, 7) is 2.13. The van der Waals surface area contributed by atoms with Crippen LogP contribution in [-0.2, 0) is 20.7 Å². The van der Waals surface area contributed by atoms with E-state index in [1.54, 1.807) is 0 Å². The van der Waals surface area contributed by atoms with E-state index in [2.05, 4.69) is 4.90 Å². The van der Waals surface area contributed by atoms with E-state index in [0.717, 1.165) is 12.1 Å². The van der Waals surface area contributed by atoms with Crippen molar-refractivity contribution in [1.29, 1.82) is 0 Å². The molecular formula is C13H17NO3. The Labute approximate surface area is 101 Å². The first-order valence-corrected chi connectivity index (χ1v) is 5.77. The van der Waals surface area contributed by atoms with Gasteiger partial charge in [-0.1, -0.05) is 30.3 Å². The van der Waals surface area contributed by atoms with Gasteiger partial charge in [0, 0.05) is 6.54 Å². The van der Waals surface area contributed by atoms with Crippen molar-refractivity contribution < 1.29 is 14.3 Å². The molecule has 0 amide bonds.